The van der Waals surface area contributed by atoms with Gasteiger partial charge in [-0.3, -0.25) is 4.79 Å². The van der Waals surface area contributed by atoms with Gasteiger partial charge in [-0.25, -0.2) is 0 Å². The lowest BCUT2D eigenvalue weighted by molar-refractivity contribution is 0.0977. The van der Waals surface area contributed by atoms with E-state index in [1.807, 2.05) is 13.0 Å². The maximum Gasteiger partial charge on any atom is 0.163 e. The summed E-state index contributed by atoms with van der Waals surface area (Å²) in [5.41, 5.74) is 4.15. The number of alkyl halides is 1. The third kappa shape index (κ3) is 11.8. The van der Waals surface area contributed by atoms with Crippen molar-refractivity contribution in [2.24, 2.45) is 0 Å². The second-order valence-electron chi connectivity index (χ2n) is 8.44. The third-order valence-corrected chi connectivity index (χ3v) is 6.29. The van der Waals surface area contributed by atoms with Crippen LogP contribution in [0.3, 0.4) is 0 Å². The maximum atomic E-state index is 12.7. The van der Waals surface area contributed by atoms with E-state index < -0.39 is 0 Å². The van der Waals surface area contributed by atoms with Crippen molar-refractivity contribution in [2.75, 3.05) is 0 Å². The fraction of sp³-hybridized carbons (Fsp3) is 0.731. The summed E-state index contributed by atoms with van der Waals surface area (Å²) in [4.78, 5) is 12.7. The summed E-state index contributed by atoms with van der Waals surface area (Å²) in [5.74, 6) is 0.691. The number of unbranched alkanes of at least 4 members (excludes halogenated alkanes) is 13. The molecule has 0 spiro atoms. The van der Waals surface area contributed by atoms with Gasteiger partial charge >= 0.3 is 0 Å². The predicted molar refractivity (Wildman–Crippen MR) is 130 cm³/mol. The number of ketones is 1. The second-order valence-corrected chi connectivity index (χ2v) is 8.71. The Kier molecular flexibility index (Phi) is 17.4. The highest BCUT2D eigenvalue weighted by Crippen LogP contribution is 2.23. The van der Waals surface area contributed by atoms with E-state index >= 15 is 0 Å². The lowest BCUT2D eigenvalue weighted by atomic mass is 9.93. The number of benzene rings is 1. The summed E-state index contributed by atoms with van der Waals surface area (Å²) in [5, 5.41) is 0. The van der Waals surface area contributed by atoms with Crippen molar-refractivity contribution in [1.82, 2.24) is 6.15 Å². The summed E-state index contributed by atoms with van der Waals surface area (Å²) < 4.78 is 0. The number of aryl methyl sites for hydroxylation is 1. The van der Waals surface area contributed by atoms with Crippen molar-refractivity contribution in [1.29, 1.82) is 0 Å². The molecule has 0 amide bonds. The van der Waals surface area contributed by atoms with Crippen LogP contribution in [0.5, 0.6) is 0 Å². The normalized spacial score (nSPS) is 10.8. The van der Waals surface area contributed by atoms with E-state index in [1.54, 1.807) is 0 Å². The first-order chi connectivity index (χ1) is 13.6. The first-order valence-corrected chi connectivity index (χ1v) is 12.3. The summed E-state index contributed by atoms with van der Waals surface area (Å²) in [6.45, 7) is 6.39. The van der Waals surface area contributed by atoms with E-state index in [9.17, 15) is 4.79 Å². The largest absolute Gasteiger partial charge is 0.344 e. The Hall–Kier alpha value is -0.860. The first kappa shape index (κ1) is 28.1. The van der Waals surface area contributed by atoms with Gasteiger partial charge in [-0.15, -0.1) is 11.6 Å². The summed E-state index contributed by atoms with van der Waals surface area (Å²) in [6, 6.07) is 4.07. The van der Waals surface area contributed by atoms with E-state index in [2.05, 4.69) is 19.9 Å². The van der Waals surface area contributed by atoms with Crippen LogP contribution >= 0.6 is 11.6 Å². The Bertz CT molecular complexity index is 556. The van der Waals surface area contributed by atoms with Gasteiger partial charge in [0.15, 0.2) is 5.78 Å². The van der Waals surface area contributed by atoms with Gasteiger partial charge in [0.1, 0.15) is 0 Å². The highest BCUT2D eigenvalue weighted by atomic mass is 35.5. The zero-order valence-corrected chi connectivity index (χ0v) is 20.2. The van der Waals surface area contributed by atoms with Crippen molar-refractivity contribution in [3.05, 3.63) is 34.4 Å². The van der Waals surface area contributed by atoms with Crippen LogP contribution in [0.4, 0.5) is 0 Å². The van der Waals surface area contributed by atoms with Crippen LogP contribution < -0.4 is 6.15 Å². The molecule has 3 N–H and O–H groups in total. The molecule has 0 aliphatic rings. The van der Waals surface area contributed by atoms with Gasteiger partial charge in [0.2, 0.25) is 0 Å². The van der Waals surface area contributed by atoms with E-state index in [-0.39, 0.29) is 11.9 Å². The molecule has 29 heavy (non-hydrogen) atoms. The van der Waals surface area contributed by atoms with Crippen molar-refractivity contribution < 1.29 is 4.79 Å². The number of carbonyl (C=O) groups excluding carboxylic acids is 1. The molecule has 0 radical (unpaired) electrons. The van der Waals surface area contributed by atoms with Crippen molar-refractivity contribution in [3.63, 3.8) is 0 Å². The first-order valence-electron chi connectivity index (χ1n) is 11.8. The molecule has 0 bridgehead atoms. The van der Waals surface area contributed by atoms with E-state index in [4.69, 9.17) is 11.6 Å². The topological polar surface area (TPSA) is 52.1 Å². The molecule has 0 saturated heterocycles. The van der Waals surface area contributed by atoms with Gasteiger partial charge in [-0.1, -0.05) is 103 Å². The van der Waals surface area contributed by atoms with Gasteiger partial charge in [-0.05, 0) is 37.0 Å². The van der Waals surface area contributed by atoms with Crippen LogP contribution in [0.1, 0.15) is 130 Å². The van der Waals surface area contributed by atoms with E-state index in [1.165, 1.54) is 89.0 Å². The SMILES string of the molecule is CCCCCCCCCCCCCCCCC(=O)c1c(CCl)ccc(C)c1C.N. The van der Waals surface area contributed by atoms with Crippen LogP contribution in [0.15, 0.2) is 12.1 Å². The second kappa shape index (κ2) is 18.0. The zero-order chi connectivity index (χ0) is 20.6. The lowest BCUT2D eigenvalue weighted by Gasteiger charge is -2.12. The van der Waals surface area contributed by atoms with Crippen LogP contribution in [-0.4, -0.2) is 5.78 Å². The smallest absolute Gasteiger partial charge is 0.163 e. The molecule has 0 atom stereocenters. The van der Waals surface area contributed by atoms with Gasteiger partial charge in [0, 0.05) is 17.9 Å². The Morgan fingerprint density at radius 1 is 0.759 bits per heavy atom. The van der Waals surface area contributed by atoms with Gasteiger partial charge in [0.05, 0.1) is 0 Å². The molecule has 0 aromatic heterocycles. The van der Waals surface area contributed by atoms with Gasteiger partial charge in [0.25, 0.3) is 0 Å². The van der Waals surface area contributed by atoms with Crippen LogP contribution in [0.25, 0.3) is 0 Å². The monoisotopic (exact) mass is 423 g/mol. The van der Waals surface area contributed by atoms with Crippen molar-refractivity contribution >= 4 is 17.4 Å². The Labute approximate surface area is 185 Å². The molecule has 0 heterocycles. The van der Waals surface area contributed by atoms with Gasteiger partial charge < -0.3 is 6.15 Å². The molecule has 0 aliphatic heterocycles. The zero-order valence-electron chi connectivity index (χ0n) is 19.5. The maximum absolute atomic E-state index is 12.7. The molecule has 0 aliphatic carbocycles. The lowest BCUT2D eigenvalue weighted by Crippen LogP contribution is -2.07. The summed E-state index contributed by atoms with van der Waals surface area (Å²) in [7, 11) is 0. The van der Waals surface area contributed by atoms with Crippen LogP contribution in [-0.2, 0) is 5.88 Å². The van der Waals surface area contributed by atoms with Crippen LogP contribution in [0.2, 0.25) is 0 Å². The number of Topliss-reactive ketones (excluding diaryl/α,β-unsaturated/α-hetero) is 1. The average Bonchev–Trinajstić information content (AvgIpc) is 2.70. The number of rotatable bonds is 17. The fourth-order valence-corrected chi connectivity index (χ4v) is 4.20. The predicted octanol–water partition coefficient (Wildman–Crippen LogP) is 9.26. The van der Waals surface area contributed by atoms with E-state index in [0.29, 0.717) is 12.3 Å². The molecule has 1 aromatic carbocycles. The molecule has 0 saturated carbocycles. The Balaban J connectivity index is 0.00000784. The Morgan fingerprint density at radius 2 is 1.21 bits per heavy atom. The van der Waals surface area contributed by atoms with Crippen LogP contribution in [0, 0.1) is 13.8 Å². The fourth-order valence-electron chi connectivity index (χ4n) is 3.98. The van der Waals surface area contributed by atoms with Crippen molar-refractivity contribution in [2.45, 2.75) is 123 Å². The molecule has 0 fully saturated rings. The minimum atomic E-state index is 0. The van der Waals surface area contributed by atoms with Gasteiger partial charge in [-0.2, -0.15) is 0 Å². The average molecular weight is 424 g/mol. The minimum absolute atomic E-state index is 0. The molecular weight excluding hydrogens is 378 g/mol. The number of hydrogen-bond donors (Lipinski definition) is 1. The number of carbonyl (C=O) groups is 1. The van der Waals surface area contributed by atoms with E-state index in [0.717, 1.165) is 23.1 Å². The molecule has 168 valence electrons. The molecule has 3 heteroatoms. The standard InChI is InChI=1S/C26H43ClO.H3N/c1-4-5-6-7-8-9-10-11-12-13-14-15-16-17-18-25(28)26-23(3)22(2)19-20-24(26)21-27;/h19-20H,4-18,21H2,1-3H3;1H3. The van der Waals surface area contributed by atoms with Crippen molar-refractivity contribution in [3.8, 4) is 0 Å². The molecule has 2 nitrogen and oxygen atoms in total. The quantitative estimate of drug-likeness (QED) is 0.154. The summed E-state index contributed by atoms with van der Waals surface area (Å²) in [6.07, 6.45) is 19.4. The third-order valence-electron chi connectivity index (χ3n) is 6.00. The molecular formula is C26H46ClNO. The molecule has 1 rings (SSSR count). The minimum Gasteiger partial charge on any atom is -0.344 e. The molecule has 0 unspecified atom stereocenters. The molecule has 1 aromatic rings. The highest BCUT2D eigenvalue weighted by Gasteiger charge is 2.14. The highest BCUT2D eigenvalue weighted by molar-refractivity contribution is 6.18. The summed E-state index contributed by atoms with van der Waals surface area (Å²) >= 11 is 6.04. The Morgan fingerprint density at radius 3 is 1.66 bits per heavy atom. The number of hydrogen-bond acceptors (Lipinski definition) is 2. The number of halogens is 1.